The Bertz CT molecular complexity index is 1310. The zero-order valence-corrected chi connectivity index (χ0v) is 19.7. The van der Waals surface area contributed by atoms with Crippen molar-refractivity contribution in [2.45, 2.75) is 46.5 Å². The minimum Gasteiger partial charge on any atom is -0.326 e. The highest BCUT2D eigenvalue weighted by molar-refractivity contribution is 7.15. The van der Waals surface area contributed by atoms with Crippen molar-refractivity contribution in [2.75, 3.05) is 5.32 Å². The molecule has 7 nitrogen and oxygen atoms in total. The molecule has 0 unspecified atom stereocenters. The lowest BCUT2D eigenvalue weighted by molar-refractivity contribution is -0.114. The first kappa shape index (κ1) is 22.5. The first-order valence-corrected chi connectivity index (χ1v) is 11.7. The number of nitriles is 1. The maximum atomic E-state index is 12.5. The van der Waals surface area contributed by atoms with Gasteiger partial charge in [-0.2, -0.15) is 10.4 Å². The monoisotopic (exact) mass is 459 g/mol. The first-order chi connectivity index (χ1) is 15.9. The molecular weight excluding hydrogens is 434 g/mol. The maximum absolute atomic E-state index is 12.5. The van der Waals surface area contributed by atoms with Crippen LogP contribution in [0.5, 0.6) is 0 Å². The van der Waals surface area contributed by atoms with Crippen molar-refractivity contribution in [1.29, 1.82) is 5.26 Å². The van der Waals surface area contributed by atoms with Gasteiger partial charge in [0.05, 0.1) is 11.8 Å². The Morgan fingerprint density at radius 3 is 2.76 bits per heavy atom. The van der Waals surface area contributed by atoms with Crippen molar-refractivity contribution in [3.8, 4) is 11.1 Å². The predicted octanol–water partition coefficient (Wildman–Crippen LogP) is 4.63. The molecule has 1 aromatic carbocycles. The third-order valence-electron chi connectivity index (χ3n) is 5.75. The number of nitrogens with zero attached hydrogens (tertiary/aromatic N) is 3. The van der Waals surface area contributed by atoms with E-state index in [0.29, 0.717) is 11.3 Å². The number of hydrazone groups is 1. The van der Waals surface area contributed by atoms with Crippen LogP contribution in [0.1, 0.15) is 63.1 Å². The molecule has 0 fully saturated rings. The summed E-state index contributed by atoms with van der Waals surface area (Å²) in [5.74, 6) is -0.572. The molecule has 0 aliphatic heterocycles. The van der Waals surface area contributed by atoms with E-state index in [0.717, 1.165) is 46.8 Å². The molecule has 0 bridgehead atoms. The summed E-state index contributed by atoms with van der Waals surface area (Å²) in [4.78, 5) is 25.0. The fourth-order valence-corrected chi connectivity index (χ4v) is 5.67. The quantitative estimate of drug-likeness (QED) is 0.430. The van der Waals surface area contributed by atoms with Crippen LogP contribution in [0.2, 0.25) is 0 Å². The number of nitrogens with one attached hydrogen (secondary N) is 2. The number of hydrogen-bond donors (Lipinski definition) is 2. The molecule has 2 amide bonds. The summed E-state index contributed by atoms with van der Waals surface area (Å²) < 4.78 is 2.11. The highest BCUT2D eigenvalue weighted by Crippen LogP contribution is 2.38. The van der Waals surface area contributed by atoms with Crippen molar-refractivity contribution in [1.82, 2.24) is 9.99 Å². The Morgan fingerprint density at radius 1 is 1.21 bits per heavy atom. The fraction of sp³-hybridized carbons (Fsp3) is 0.280. The van der Waals surface area contributed by atoms with Gasteiger partial charge in [-0.05, 0) is 69.4 Å². The van der Waals surface area contributed by atoms with Gasteiger partial charge in [0.2, 0.25) is 5.91 Å². The summed E-state index contributed by atoms with van der Waals surface area (Å²) in [6.45, 7) is 5.42. The molecule has 33 heavy (non-hydrogen) atoms. The molecular formula is C25H25N5O2S. The predicted molar refractivity (Wildman–Crippen MR) is 130 cm³/mol. The van der Waals surface area contributed by atoms with Gasteiger partial charge in [-0.15, -0.1) is 11.3 Å². The number of aryl methyl sites for hydroxylation is 2. The van der Waals surface area contributed by atoms with E-state index in [9.17, 15) is 14.9 Å². The second-order valence-corrected chi connectivity index (χ2v) is 9.21. The van der Waals surface area contributed by atoms with Gasteiger partial charge in [-0.25, -0.2) is 5.43 Å². The van der Waals surface area contributed by atoms with E-state index in [2.05, 4.69) is 26.5 Å². The second kappa shape index (κ2) is 9.43. The Kier molecular flexibility index (Phi) is 6.43. The van der Waals surface area contributed by atoms with Gasteiger partial charge in [0.15, 0.2) is 0 Å². The number of carbonyl (C=O) groups is 2. The lowest BCUT2D eigenvalue weighted by atomic mass is 9.96. The highest BCUT2D eigenvalue weighted by atomic mass is 32.1. The standard InChI is InChI=1S/C25H25N5O2S/c1-15-11-19(14-27-29-24(32)18-7-6-8-20(12-18)28-17(3)31)16(2)30(15)25-22(13-26)21-9-4-5-10-23(21)33-25/h6-8,11-12,14H,4-5,9-10H2,1-3H3,(H,28,31)(H,29,32). The number of fused-ring (bicyclic) bond motifs is 1. The summed E-state index contributed by atoms with van der Waals surface area (Å²) in [6.07, 6.45) is 5.93. The normalized spacial score (nSPS) is 12.9. The smallest absolute Gasteiger partial charge is 0.271 e. The Labute approximate surface area is 196 Å². The van der Waals surface area contributed by atoms with Crippen LogP contribution >= 0.6 is 11.3 Å². The van der Waals surface area contributed by atoms with E-state index in [1.807, 2.05) is 19.9 Å². The molecule has 8 heteroatoms. The summed E-state index contributed by atoms with van der Waals surface area (Å²) >= 11 is 1.71. The SMILES string of the molecule is CC(=O)Nc1cccc(C(=O)NN=Cc2cc(C)n(-c3sc4c(c3C#N)CCCC4)c2C)c1. The molecule has 0 saturated carbocycles. The van der Waals surface area contributed by atoms with E-state index < -0.39 is 0 Å². The van der Waals surface area contributed by atoms with E-state index in [-0.39, 0.29) is 11.8 Å². The van der Waals surface area contributed by atoms with Crippen molar-refractivity contribution < 1.29 is 9.59 Å². The first-order valence-electron chi connectivity index (χ1n) is 10.8. The minimum atomic E-state index is -0.370. The molecule has 0 spiro atoms. The van der Waals surface area contributed by atoms with E-state index in [4.69, 9.17) is 0 Å². The molecule has 4 rings (SSSR count). The number of aromatic nitrogens is 1. The maximum Gasteiger partial charge on any atom is 0.271 e. The number of amides is 2. The Balaban J connectivity index is 1.55. The number of rotatable bonds is 5. The van der Waals surface area contributed by atoms with Crippen molar-refractivity contribution in [2.24, 2.45) is 5.10 Å². The number of anilines is 1. The number of carbonyl (C=O) groups excluding carboxylic acids is 2. The lowest BCUT2D eigenvalue weighted by Gasteiger charge is -2.10. The van der Waals surface area contributed by atoms with Crippen LogP contribution in [0.3, 0.4) is 0 Å². The lowest BCUT2D eigenvalue weighted by Crippen LogP contribution is -2.18. The zero-order chi connectivity index (χ0) is 23.5. The van der Waals surface area contributed by atoms with Crippen molar-refractivity contribution in [3.63, 3.8) is 0 Å². The van der Waals surface area contributed by atoms with Crippen LogP contribution in [0.4, 0.5) is 5.69 Å². The van der Waals surface area contributed by atoms with E-state index >= 15 is 0 Å². The van der Waals surface area contributed by atoms with Crippen molar-refractivity contribution >= 4 is 35.1 Å². The van der Waals surface area contributed by atoms with Crippen LogP contribution in [-0.4, -0.2) is 22.6 Å². The van der Waals surface area contributed by atoms with Gasteiger partial charge < -0.3 is 9.88 Å². The molecule has 2 aromatic heterocycles. The van der Waals surface area contributed by atoms with Gasteiger partial charge in [0.1, 0.15) is 11.1 Å². The molecule has 1 aliphatic carbocycles. The van der Waals surface area contributed by atoms with Gasteiger partial charge in [0.25, 0.3) is 5.91 Å². The molecule has 0 atom stereocenters. The van der Waals surface area contributed by atoms with Crippen molar-refractivity contribution in [3.05, 3.63) is 68.9 Å². The number of thiophene rings is 1. The zero-order valence-electron chi connectivity index (χ0n) is 18.9. The Hall–Kier alpha value is -3.70. The fourth-order valence-electron chi connectivity index (χ4n) is 4.22. The topological polar surface area (TPSA) is 99.3 Å². The molecule has 1 aliphatic rings. The van der Waals surface area contributed by atoms with E-state index in [1.54, 1.807) is 41.8 Å². The van der Waals surface area contributed by atoms with Gasteiger partial charge >= 0.3 is 0 Å². The molecule has 2 heterocycles. The summed E-state index contributed by atoms with van der Waals surface area (Å²) in [5.41, 5.74) is 8.33. The largest absolute Gasteiger partial charge is 0.326 e. The second-order valence-electron chi connectivity index (χ2n) is 8.13. The van der Waals surface area contributed by atoms with Crippen LogP contribution in [0, 0.1) is 25.2 Å². The van der Waals surface area contributed by atoms with Crippen LogP contribution in [-0.2, 0) is 17.6 Å². The molecule has 168 valence electrons. The van der Waals surface area contributed by atoms with Gasteiger partial charge in [-0.1, -0.05) is 6.07 Å². The van der Waals surface area contributed by atoms with Crippen LogP contribution in [0.25, 0.3) is 5.00 Å². The highest BCUT2D eigenvalue weighted by Gasteiger charge is 2.23. The van der Waals surface area contributed by atoms with E-state index in [1.165, 1.54) is 23.8 Å². The Morgan fingerprint density at radius 2 is 2.00 bits per heavy atom. The van der Waals surface area contributed by atoms with Crippen LogP contribution < -0.4 is 10.7 Å². The molecule has 0 radical (unpaired) electrons. The molecule has 3 aromatic rings. The third-order valence-corrected chi connectivity index (χ3v) is 7.03. The van der Waals surface area contributed by atoms with Gasteiger partial charge in [0, 0.05) is 40.0 Å². The van der Waals surface area contributed by atoms with Gasteiger partial charge in [-0.3, -0.25) is 9.59 Å². The summed E-state index contributed by atoms with van der Waals surface area (Å²) in [6, 6.07) is 11.1. The number of benzene rings is 1. The minimum absolute atomic E-state index is 0.202. The average Bonchev–Trinajstić information content (AvgIpc) is 3.29. The third kappa shape index (κ3) is 4.59. The summed E-state index contributed by atoms with van der Waals surface area (Å²) in [5, 5.41) is 17.6. The average molecular weight is 460 g/mol. The molecule has 2 N–H and O–H groups in total. The van der Waals surface area contributed by atoms with Crippen LogP contribution in [0.15, 0.2) is 35.4 Å². The summed E-state index contributed by atoms with van der Waals surface area (Å²) in [7, 11) is 0. The molecule has 0 saturated heterocycles. The number of hydrogen-bond acceptors (Lipinski definition) is 5.